The second kappa shape index (κ2) is 5.75. The lowest BCUT2D eigenvalue weighted by molar-refractivity contribution is -0.153. The smallest absolute Gasteiger partial charge is 0.371 e. The van der Waals surface area contributed by atoms with Crippen LogP contribution in [0.25, 0.3) is 0 Å². The summed E-state index contributed by atoms with van der Waals surface area (Å²) in [6.07, 6.45) is 5.08. The lowest BCUT2D eigenvalue weighted by Crippen LogP contribution is -2.49. The molecule has 0 aromatic carbocycles. The zero-order valence-electron chi connectivity index (χ0n) is 11.6. The molecule has 0 amide bonds. The Morgan fingerprint density at radius 1 is 1.55 bits per heavy atom. The summed E-state index contributed by atoms with van der Waals surface area (Å²) >= 11 is 0. The Kier molecular flexibility index (Phi) is 4.23. The minimum atomic E-state index is -0.868. The first kappa shape index (κ1) is 14.7. The number of ether oxygens (including phenoxy) is 2. The lowest BCUT2D eigenvalue weighted by atomic mass is 9.93. The fourth-order valence-electron chi connectivity index (χ4n) is 3.07. The lowest BCUT2D eigenvalue weighted by Gasteiger charge is -2.29. The Balaban J connectivity index is 1.96. The topological polar surface area (TPSA) is 81.7 Å². The zero-order chi connectivity index (χ0) is 14.8. The Bertz CT molecular complexity index is 447. The van der Waals surface area contributed by atoms with E-state index >= 15 is 0 Å². The first-order valence-corrected chi connectivity index (χ1v) is 6.79. The fraction of sp³-hybridized carbons (Fsp3) is 0.643. The van der Waals surface area contributed by atoms with E-state index < -0.39 is 12.1 Å². The van der Waals surface area contributed by atoms with Crippen molar-refractivity contribution in [2.75, 3.05) is 6.61 Å². The number of hydrogen-bond donors (Lipinski definition) is 1. The molecular weight excluding hydrogens is 262 g/mol. The van der Waals surface area contributed by atoms with Gasteiger partial charge in [0.2, 0.25) is 6.29 Å². The van der Waals surface area contributed by atoms with Gasteiger partial charge in [-0.2, -0.15) is 0 Å². The molecule has 0 spiro atoms. The van der Waals surface area contributed by atoms with Crippen LogP contribution in [0.2, 0.25) is 0 Å². The van der Waals surface area contributed by atoms with Crippen molar-refractivity contribution in [3.05, 3.63) is 12.2 Å². The summed E-state index contributed by atoms with van der Waals surface area (Å²) in [6.45, 7) is 3.86. The van der Waals surface area contributed by atoms with Gasteiger partial charge in [-0.1, -0.05) is 12.2 Å². The molecule has 1 heterocycles. The molecule has 0 aromatic heterocycles. The van der Waals surface area contributed by atoms with Crippen LogP contribution in [0.15, 0.2) is 12.2 Å². The molecule has 2 rings (SSSR count). The first-order chi connectivity index (χ1) is 9.49. The first-order valence-electron chi connectivity index (χ1n) is 6.79. The highest BCUT2D eigenvalue weighted by atomic mass is 16.5. The van der Waals surface area contributed by atoms with E-state index in [4.69, 9.17) is 9.47 Å². The predicted molar refractivity (Wildman–Crippen MR) is 69.8 cm³/mol. The third-order valence-electron chi connectivity index (χ3n) is 3.74. The van der Waals surface area contributed by atoms with E-state index in [0.29, 0.717) is 13.0 Å². The number of fused-ring (bicyclic) bond motifs is 2. The standard InChI is InChI=1S/C14H19NO5/c1-3-19-13(18)12-10-4-5-14(7-10,15-12)6-9(2)20-11(17)8-16/h4-5,8-10,12,15H,3,6-7H2,1-2H3/t9?,10?,12?,14-/m0/s1. The minimum Gasteiger partial charge on any atom is -0.465 e. The molecule has 3 unspecified atom stereocenters. The predicted octanol–water partition coefficient (Wildman–Crippen LogP) is 0.357. The van der Waals surface area contributed by atoms with Crippen molar-refractivity contribution in [2.45, 2.75) is 44.4 Å². The van der Waals surface area contributed by atoms with Gasteiger partial charge in [-0.15, -0.1) is 0 Å². The molecule has 1 fully saturated rings. The summed E-state index contributed by atoms with van der Waals surface area (Å²) in [4.78, 5) is 33.1. The SMILES string of the molecule is CCOC(=O)C1N[C@]2(CC(C)OC(=O)C=O)C=CC1C2. The molecule has 1 saturated heterocycles. The highest BCUT2D eigenvalue weighted by molar-refractivity contribution is 6.20. The van der Waals surface area contributed by atoms with Crippen molar-refractivity contribution < 1.29 is 23.9 Å². The largest absolute Gasteiger partial charge is 0.465 e. The molecule has 0 radical (unpaired) electrons. The van der Waals surface area contributed by atoms with Crippen molar-refractivity contribution in [3.8, 4) is 0 Å². The molecule has 2 bridgehead atoms. The molecule has 6 heteroatoms. The van der Waals surface area contributed by atoms with Gasteiger partial charge < -0.3 is 9.47 Å². The molecule has 1 aliphatic heterocycles. The summed E-state index contributed by atoms with van der Waals surface area (Å²) in [6, 6.07) is -0.339. The van der Waals surface area contributed by atoms with Crippen molar-refractivity contribution in [1.29, 1.82) is 0 Å². The van der Waals surface area contributed by atoms with Crippen molar-refractivity contribution in [3.63, 3.8) is 0 Å². The van der Waals surface area contributed by atoms with E-state index in [2.05, 4.69) is 5.32 Å². The molecular formula is C14H19NO5. The Hall–Kier alpha value is -1.69. The summed E-state index contributed by atoms with van der Waals surface area (Å²) in [5.74, 6) is -1.00. The number of aldehydes is 1. The third-order valence-corrected chi connectivity index (χ3v) is 3.74. The maximum Gasteiger partial charge on any atom is 0.371 e. The quantitative estimate of drug-likeness (QED) is 0.327. The monoisotopic (exact) mass is 281 g/mol. The van der Waals surface area contributed by atoms with Gasteiger partial charge in [-0.25, -0.2) is 4.79 Å². The van der Waals surface area contributed by atoms with Crippen LogP contribution in [-0.4, -0.2) is 42.5 Å². The van der Waals surface area contributed by atoms with Crippen LogP contribution in [0, 0.1) is 5.92 Å². The zero-order valence-corrected chi connectivity index (χ0v) is 11.6. The number of rotatable bonds is 6. The van der Waals surface area contributed by atoms with Gasteiger partial charge in [0.25, 0.3) is 0 Å². The number of hydrogen-bond acceptors (Lipinski definition) is 6. The van der Waals surface area contributed by atoms with E-state index in [0.717, 1.165) is 6.42 Å². The van der Waals surface area contributed by atoms with Gasteiger partial charge in [-0.05, 0) is 20.3 Å². The summed E-state index contributed by atoms with van der Waals surface area (Å²) in [7, 11) is 0. The Morgan fingerprint density at radius 3 is 2.95 bits per heavy atom. The van der Waals surface area contributed by atoms with Crippen LogP contribution < -0.4 is 5.32 Å². The highest BCUT2D eigenvalue weighted by Gasteiger charge is 2.50. The van der Waals surface area contributed by atoms with E-state index in [1.807, 2.05) is 12.2 Å². The van der Waals surface area contributed by atoms with Gasteiger partial charge in [0, 0.05) is 17.9 Å². The summed E-state index contributed by atoms with van der Waals surface area (Å²) < 4.78 is 10.00. The highest BCUT2D eigenvalue weighted by Crippen LogP contribution is 2.41. The third kappa shape index (κ3) is 2.90. The van der Waals surface area contributed by atoms with Crippen LogP contribution in [0.4, 0.5) is 0 Å². The van der Waals surface area contributed by atoms with E-state index in [1.54, 1.807) is 13.8 Å². The normalized spacial score (nSPS) is 31.9. The number of carbonyl (C=O) groups excluding carboxylic acids is 3. The Labute approximate surface area is 117 Å². The summed E-state index contributed by atoms with van der Waals surface area (Å²) in [5, 5.41) is 3.27. The molecule has 2 aliphatic rings. The van der Waals surface area contributed by atoms with Crippen LogP contribution in [-0.2, 0) is 23.9 Å². The van der Waals surface area contributed by atoms with Gasteiger partial charge in [0.05, 0.1) is 6.61 Å². The average Bonchev–Trinajstić information content (AvgIpc) is 2.95. The summed E-state index contributed by atoms with van der Waals surface area (Å²) in [5.41, 5.74) is -0.356. The molecule has 1 N–H and O–H groups in total. The molecule has 0 saturated carbocycles. The van der Waals surface area contributed by atoms with Crippen LogP contribution in [0.5, 0.6) is 0 Å². The molecule has 110 valence electrons. The molecule has 20 heavy (non-hydrogen) atoms. The van der Waals surface area contributed by atoms with Gasteiger partial charge in [0.15, 0.2) is 0 Å². The Morgan fingerprint density at radius 2 is 2.30 bits per heavy atom. The van der Waals surface area contributed by atoms with Crippen molar-refractivity contribution >= 4 is 18.2 Å². The maximum absolute atomic E-state index is 11.8. The fourth-order valence-corrected chi connectivity index (χ4v) is 3.07. The van der Waals surface area contributed by atoms with Crippen LogP contribution in [0.1, 0.15) is 26.7 Å². The van der Waals surface area contributed by atoms with Crippen LogP contribution >= 0.6 is 0 Å². The second-order valence-electron chi connectivity index (χ2n) is 5.33. The minimum absolute atomic E-state index is 0.114. The number of nitrogens with one attached hydrogen (secondary N) is 1. The molecule has 6 nitrogen and oxygen atoms in total. The molecule has 4 atom stereocenters. The van der Waals surface area contributed by atoms with Crippen LogP contribution in [0.3, 0.4) is 0 Å². The number of carbonyl (C=O) groups is 3. The molecule has 1 aliphatic carbocycles. The van der Waals surface area contributed by atoms with E-state index in [1.165, 1.54) is 0 Å². The maximum atomic E-state index is 11.8. The van der Waals surface area contributed by atoms with Gasteiger partial charge >= 0.3 is 11.9 Å². The number of esters is 2. The van der Waals surface area contributed by atoms with E-state index in [9.17, 15) is 14.4 Å². The van der Waals surface area contributed by atoms with Gasteiger partial charge in [-0.3, -0.25) is 14.9 Å². The van der Waals surface area contributed by atoms with Crippen molar-refractivity contribution in [2.24, 2.45) is 5.92 Å². The van der Waals surface area contributed by atoms with Gasteiger partial charge in [0.1, 0.15) is 12.1 Å². The van der Waals surface area contributed by atoms with Crippen molar-refractivity contribution in [1.82, 2.24) is 5.32 Å². The molecule has 0 aromatic rings. The average molecular weight is 281 g/mol. The van der Waals surface area contributed by atoms with E-state index in [-0.39, 0.29) is 29.8 Å². The second-order valence-corrected chi connectivity index (χ2v) is 5.33.